The lowest BCUT2D eigenvalue weighted by Crippen LogP contribution is -2.30. The first-order valence-electron chi connectivity index (χ1n) is 6.48. The zero-order valence-corrected chi connectivity index (χ0v) is 10.5. The number of H-pyrrole nitrogens is 1. The third-order valence-corrected chi connectivity index (χ3v) is 3.81. The highest BCUT2D eigenvalue weighted by atomic mass is 16.3. The molecule has 0 radical (unpaired) electrons. The summed E-state index contributed by atoms with van der Waals surface area (Å²) in [5.41, 5.74) is 1.67. The molecule has 1 aromatic heterocycles. The van der Waals surface area contributed by atoms with Gasteiger partial charge in [0.2, 0.25) is 0 Å². The van der Waals surface area contributed by atoms with Crippen molar-refractivity contribution in [2.75, 3.05) is 13.1 Å². The van der Waals surface area contributed by atoms with Gasteiger partial charge in [-0.1, -0.05) is 18.2 Å². The van der Waals surface area contributed by atoms with Crippen molar-refractivity contribution in [3.63, 3.8) is 0 Å². The predicted octanol–water partition coefficient (Wildman–Crippen LogP) is 2.39. The molecule has 1 aliphatic heterocycles. The molecule has 0 aliphatic carbocycles. The maximum atomic E-state index is 12.1. The van der Waals surface area contributed by atoms with Crippen LogP contribution < -0.4 is 5.56 Å². The average molecular weight is 257 g/mol. The molecule has 2 heterocycles. The van der Waals surface area contributed by atoms with Crippen LogP contribution in [0.5, 0.6) is 0 Å². The molecule has 5 heteroatoms. The summed E-state index contributed by atoms with van der Waals surface area (Å²) < 4.78 is 0. The Kier molecular flexibility index (Phi) is 3.03. The zero-order chi connectivity index (χ0) is 13.2. The van der Waals surface area contributed by atoms with Gasteiger partial charge >= 0.3 is 0 Å². The normalized spacial score (nSPS) is 16.7. The van der Waals surface area contributed by atoms with E-state index in [-0.39, 0.29) is 11.5 Å². The summed E-state index contributed by atoms with van der Waals surface area (Å²) in [5.74, 6) is 0.214. The van der Waals surface area contributed by atoms with Crippen molar-refractivity contribution in [3.8, 4) is 0 Å². The lowest BCUT2D eigenvalue weighted by Gasteiger charge is -2.27. The molecule has 0 atom stereocenters. The largest absolute Gasteiger partial charge is 0.322 e. The molecule has 0 amide bonds. The maximum absolute atomic E-state index is 12.1. The zero-order valence-electron chi connectivity index (χ0n) is 10.5. The average Bonchev–Trinajstić information content (AvgIpc) is 2.47. The van der Waals surface area contributed by atoms with Crippen molar-refractivity contribution in [1.29, 1.82) is 0 Å². The second-order valence-corrected chi connectivity index (χ2v) is 4.95. The van der Waals surface area contributed by atoms with E-state index >= 15 is 0 Å². The summed E-state index contributed by atoms with van der Waals surface area (Å²) in [6, 6.07) is 9.74. The molecule has 1 aliphatic rings. The van der Waals surface area contributed by atoms with Crippen LogP contribution in [-0.2, 0) is 0 Å². The number of nitroso groups, excluding NO2 is 1. The number of aromatic nitrogens is 1. The number of nitrogens with zero attached hydrogens (tertiary/aromatic N) is 2. The van der Waals surface area contributed by atoms with E-state index in [9.17, 15) is 9.70 Å². The van der Waals surface area contributed by atoms with Crippen molar-refractivity contribution in [3.05, 3.63) is 51.2 Å². The van der Waals surface area contributed by atoms with Crippen molar-refractivity contribution < 1.29 is 0 Å². The number of piperidine rings is 1. The third-order valence-electron chi connectivity index (χ3n) is 3.81. The van der Waals surface area contributed by atoms with Crippen molar-refractivity contribution in [1.82, 2.24) is 9.99 Å². The van der Waals surface area contributed by atoms with Crippen LogP contribution in [0.2, 0.25) is 0 Å². The SMILES string of the molecule is O=NN1CCC(c2cc3ccccc3[nH]c2=O)CC1. The fraction of sp³-hybridized carbons (Fsp3) is 0.357. The smallest absolute Gasteiger partial charge is 0.251 e. The number of benzene rings is 1. The topological polar surface area (TPSA) is 65.5 Å². The molecular formula is C14H15N3O2. The minimum atomic E-state index is -0.0174. The Balaban J connectivity index is 1.94. The number of para-hydroxylation sites is 1. The Morgan fingerprint density at radius 1 is 1.21 bits per heavy atom. The van der Waals surface area contributed by atoms with Gasteiger partial charge in [0.05, 0.1) is 5.29 Å². The van der Waals surface area contributed by atoms with Crippen molar-refractivity contribution in [2.24, 2.45) is 5.29 Å². The molecule has 0 unspecified atom stereocenters. The predicted molar refractivity (Wildman–Crippen MR) is 73.9 cm³/mol. The van der Waals surface area contributed by atoms with Crippen LogP contribution in [0.4, 0.5) is 0 Å². The van der Waals surface area contributed by atoms with Gasteiger partial charge in [-0.2, -0.15) is 0 Å². The highest BCUT2D eigenvalue weighted by Gasteiger charge is 2.22. The Labute approximate surface area is 110 Å². The lowest BCUT2D eigenvalue weighted by atomic mass is 9.90. The van der Waals surface area contributed by atoms with Crippen LogP contribution in [0.15, 0.2) is 40.4 Å². The molecule has 98 valence electrons. The first kappa shape index (κ1) is 11.9. The molecule has 1 aromatic carbocycles. The molecule has 0 bridgehead atoms. The number of pyridine rings is 1. The molecule has 0 spiro atoms. The van der Waals surface area contributed by atoms with Gasteiger partial charge in [0.25, 0.3) is 5.56 Å². The van der Waals surface area contributed by atoms with Gasteiger partial charge in [0.1, 0.15) is 0 Å². The van der Waals surface area contributed by atoms with E-state index in [0.29, 0.717) is 13.1 Å². The van der Waals surface area contributed by atoms with Crippen LogP contribution in [0.25, 0.3) is 10.9 Å². The second kappa shape index (κ2) is 4.84. The van der Waals surface area contributed by atoms with E-state index in [4.69, 9.17) is 0 Å². The minimum absolute atomic E-state index is 0.0174. The van der Waals surface area contributed by atoms with Crippen LogP contribution >= 0.6 is 0 Å². The molecule has 1 N–H and O–H groups in total. The monoisotopic (exact) mass is 257 g/mol. The van der Waals surface area contributed by atoms with E-state index in [1.54, 1.807) is 0 Å². The molecule has 19 heavy (non-hydrogen) atoms. The van der Waals surface area contributed by atoms with Gasteiger partial charge in [-0.15, -0.1) is 4.91 Å². The highest BCUT2D eigenvalue weighted by Crippen LogP contribution is 2.27. The summed E-state index contributed by atoms with van der Waals surface area (Å²) in [6.45, 7) is 1.25. The summed E-state index contributed by atoms with van der Waals surface area (Å²) in [7, 11) is 0. The van der Waals surface area contributed by atoms with E-state index in [0.717, 1.165) is 29.3 Å². The molecular weight excluding hydrogens is 242 g/mol. The molecule has 3 rings (SSSR count). The fourth-order valence-electron chi connectivity index (χ4n) is 2.73. The van der Waals surface area contributed by atoms with Crippen molar-refractivity contribution >= 4 is 10.9 Å². The number of hydrogen-bond acceptors (Lipinski definition) is 3. The van der Waals surface area contributed by atoms with Crippen LogP contribution in [0, 0.1) is 4.91 Å². The molecule has 5 nitrogen and oxygen atoms in total. The summed E-state index contributed by atoms with van der Waals surface area (Å²) in [4.78, 5) is 25.5. The van der Waals surface area contributed by atoms with E-state index < -0.39 is 0 Å². The maximum Gasteiger partial charge on any atom is 0.251 e. The Morgan fingerprint density at radius 3 is 2.68 bits per heavy atom. The minimum Gasteiger partial charge on any atom is -0.322 e. The van der Waals surface area contributed by atoms with Crippen LogP contribution in [0.1, 0.15) is 24.3 Å². The van der Waals surface area contributed by atoms with Gasteiger partial charge < -0.3 is 4.98 Å². The molecule has 1 fully saturated rings. The van der Waals surface area contributed by atoms with E-state index in [2.05, 4.69) is 10.3 Å². The van der Waals surface area contributed by atoms with Gasteiger partial charge in [-0.05, 0) is 36.3 Å². The van der Waals surface area contributed by atoms with Gasteiger partial charge in [-0.3, -0.25) is 9.80 Å². The molecule has 2 aromatic rings. The summed E-state index contributed by atoms with van der Waals surface area (Å²) >= 11 is 0. The summed E-state index contributed by atoms with van der Waals surface area (Å²) in [5, 5.41) is 5.51. The van der Waals surface area contributed by atoms with E-state index in [1.807, 2.05) is 30.3 Å². The first-order chi connectivity index (χ1) is 9.28. The Bertz CT molecular complexity index is 657. The Hall–Kier alpha value is -2.17. The van der Waals surface area contributed by atoms with Gasteiger partial charge in [0.15, 0.2) is 0 Å². The standard InChI is InChI=1S/C14H15N3O2/c18-14-12(10-5-7-17(16-19)8-6-10)9-11-3-1-2-4-13(11)15-14/h1-4,9-10H,5-8H2,(H,15,18). The number of aromatic amines is 1. The van der Waals surface area contributed by atoms with Gasteiger partial charge in [-0.25, -0.2) is 0 Å². The third kappa shape index (κ3) is 2.23. The number of fused-ring (bicyclic) bond motifs is 1. The quantitative estimate of drug-likeness (QED) is 0.840. The lowest BCUT2D eigenvalue weighted by molar-refractivity contribution is 0.217. The first-order valence-corrected chi connectivity index (χ1v) is 6.48. The van der Waals surface area contributed by atoms with Gasteiger partial charge in [0, 0.05) is 24.2 Å². The summed E-state index contributed by atoms with van der Waals surface area (Å²) in [6.07, 6.45) is 1.60. The molecule has 1 saturated heterocycles. The number of rotatable bonds is 2. The fourth-order valence-corrected chi connectivity index (χ4v) is 2.73. The Morgan fingerprint density at radius 2 is 1.95 bits per heavy atom. The van der Waals surface area contributed by atoms with Crippen LogP contribution in [0.3, 0.4) is 0 Å². The number of hydrogen-bond donors (Lipinski definition) is 1. The van der Waals surface area contributed by atoms with Crippen molar-refractivity contribution in [2.45, 2.75) is 18.8 Å². The van der Waals surface area contributed by atoms with Crippen LogP contribution in [-0.4, -0.2) is 23.1 Å². The second-order valence-electron chi connectivity index (χ2n) is 4.95. The highest BCUT2D eigenvalue weighted by molar-refractivity contribution is 5.78. The molecule has 0 saturated carbocycles. The number of nitrogens with one attached hydrogen (secondary N) is 1. The van der Waals surface area contributed by atoms with E-state index in [1.165, 1.54) is 5.01 Å².